The Hall–Kier alpha value is -2.07. The van der Waals surface area contributed by atoms with Crippen LogP contribution in [-0.2, 0) is 16.3 Å². The van der Waals surface area contributed by atoms with Gasteiger partial charge in [-0.25, -0.2) is 8.42 Å². The minimum absolute atomic E-state index is 0.411. The molecule has 0 atom stereocenters. The van der Waals surface area contributed by atoms with E-state index in [0.29, 0.717) is 4.90 Å². The first-order chi connectivity index (χ1) is 11.5. The molecule has 0 amide bonds. The number of nitrogens with zero attached hydrogens (tertiary/aromatic N) is 1. The van der Waals surface area contributed by atoms with Crippen molar-refractivity contribution >= 4 is 21.1 Å². The van der Waals surface area contributed by atoms with E-state index in [0.717, 1.165) is 31.6 Å². The summed E-state index contributed by atoms with van der Waals surface area (Å²) in [5.74, 6) is 0. The maximum Gasteiger partial charge on any atom is 0.177 e. The van der Waals surface area contributed by atoms with E-state index in [1.165, 1.54) is 23.0 Å². The van der Waals surface area contributed by atoms with E-state index in [4.69, 9.17) is 0 Å². The lowest BCUT2D eigenvalue weighted by Crippen LogP contribution is -2.29. The number of aryl methyl sites for hydroxylation is 1. The molecular weight excluding hydrogens is 318 g/mol. The summed E-state index contributed by atoms with van der Waals surface area (Å²) >= 11 is 0. The number of hydrogen-bond acceptors (Lipinski definition) is 3. The first-order valence-electron chi connectivity index (χ1n) is 8.31. The van der Waals surface area contributed by atoms with Crippen LogP contribution in [0.2, 0.25) is 0 Å². The van der Waals surface area contributed by atoms with Crippen LogP contribution in [0.3, 0.4) is 0 Å². The highest BCUT2D eigenvalue weighted by Crippen LogP contribution is 2.30. The van der Waals surface area contributed by atoms with Crippen LogP contribution in [0.5, 0.6) is 0 Å². The molecule has 1 aliphatic rings. The van der Waals surface area contributed by atoms with Crippen molar-refractivity contribution in [3.63, 3.8) is 0 Å². The molecule has 0 aromatic heterocycles. The summed E-state index contributed by atoms with van der Waals surface area (Å²) in [4.78, 5) is 2.55. The number of para-hydroxylation sites is 1. The summed E-state index contributed by atoms with van der Waals surface area (Å²) in [5, 5.41) is 0. The highest BCUT2D eigenvalue weighted by atomic mass is 32.2. The van der Waals surface area contributed by atoms with Gasteiger partial charge in [-0.05, 0) is 41.7 Å². The van der Waals surface area contributed by atoms with Crippen molar-refractivity contribution in [3.8, 4) is 0 Å². The third kappa shape index (κ3) is 3.54. The normalized spacial score (nSPS) is 15.2. The lowest BCUT2D eigenvalue weighted by atomic mass is 9.98. The Bertz CT molecular complexity index is 851. The summed E-state index contributed by atoms with van der Waals surface area (Å²) in [6.45, 7) is 3.72. The molecule has 4 heteroatoms. The Labute approximate surface area is 144 Å². The van der Waals surface area contributed by atoms with Crippen LogP contribution in [0.25, 0.3) is 5.57 Å². The summed E-state index contributed by atoms with van der Waals surface area (Å²) in [5.41, 5.74) is 4.75. The van der Waals surface area contributed by atoms with Gasteiger partial charge in [0.15, 0.2) is 9.84 Å². The third-order valence-electron chi connectivity index (χ3n) is 4.55. The predicted octanol–water partition coefficient (Wildman–Crippen LogP) is 3.95. The quantitative estimate of drug-likeness (QED) is 0.845. The smallest absolute Gasteiger partial charge is 0.177 e. The van der Waals surface area contributed by atoms with Crippen molar-refractivity contribution < 1.29 is 8.42 Å². The molecule has 2 aromatic rings. The van der Waals surface area contributed by atoms with Gasteiger partial charge in [-0.15, -0.1) is 0 Å². The van der Waals surface area contributed by atoms with E-state index >= 15 is 0 Å². The zero-order valence-corrected chi connectivity index (χ0v) is 15.0. The van der Waals surface area contributed by atoms with E-state index in [1.54, 1.807) is 12.1 Å². The zero-order valence-electron chi connectivity index (χ0n) is 14.2. The molecule has 0 aliphatic carbocycles. The van der Waals surface area contributed by atoms with E-state index in [9.17, 15) is 8.42 Å². The lowest BCUT2D eigenvalue weighted by molar-refractivity contribution is 0.601. The van der Waals surface area contributed by atoms with Gasteiger partial charge in [0.25, 0.3) is 0 Å². The van der Waals surface area contributed by atoms with Crippen molar-refractivity contribution in [1.82, 2.24) is 0 Å². The fourth-order valence-electron chi connectivity index (χ4n) is 3.14. The van der Waals surface area contributed by atoms with Crippen LogP contribution in [0.15, 0.2) is 59.5 Å². The van der Waals surface area contributed by atoms with Crippen LogP contribution in [0, 0.1) is 0 Å². The second-order valence-corrected chi connectivity index (χ2v) is 8.20. The molecule has 1 aliphatic heterocycles. The van der Waals surface area contributed by atoms with Crippen molar-refractivity contribution in [2.45, 2.75) is 24.7 Å². The third-order valence-corrected chi connectivity index (χ3v) is 5.69. The Balaban J connectivity index is 1.83. The molecular formula is C20H23NO2S. The minimum Gasteiger partial charge on any atom is -0.366 e. The predicted molar refractivity (Wildman–Crippen MR) is 100 cm³/mol. The first-order valence-corrected chi connectivity index (χ1v) is 10.2. The van der Waals surface area contributed by atoms with Crippen molar-refractivity contribution in [2.75, 3.05) is 24.2 Å². The first kappa shape index (κ1) is 16.8. The molecule has 24 heavy (non-hydrogen) atoms. The van der Waals surface area contributed by atoms with Gasteiger partial charge in [-0.3, -0.25) is 0 Å². The fraction of sp³-hybridized carbons (Fsp3) is 0.300. The van der Waals surface area contributed by atoms with Gasteiger partial charge in [0, 0.05) is 19.3 Å². The van der Waals surface area contributed by atoms with E-state index in [-0.39, 0.29) is 0 Å². The van der Waals surface area contributed by atoms with Crippen molar-refractivity contribution in [2.24, 2.45) is 0 Å². The average molecular weight is 341 g/mol. The number of anilines is 1. The SMILES string of the molecule is CCc1ccc(C2=CCN(c3ccccc3S(C)(=O)=O)CC2)cc1. The molecule has 2 aromatic carbocycles. The molecule has 126 valence electrons. The number of sulfone groups is 1. The van der Waals surface area contributed by atoms with Crippen LogP contribution in [0.1, 0.15) is 24.5 Å². The van der Waals surface area contributed by atoms with Crippen LogP contribution >= 0.6 is 0 Å². The molecule has 0 unspecified atom stereocenters. The Morgan fingerprint density at radius 1 is 1.04 bits per heavy atom. The standard InChI is InChI=1S/C20H23NO2S/c1-3-16-8-10-17(11-9-16)18-12-14-21(15-13-18)19-6-4-5-7-20(19)24(2,22)23/h4-12H,3,13-15H2,1-2H3. The number of rotatable bonds is 4. The van der Waals surface area contributed by atoms with Gasteiger partial charge in [0.05, 0.1) is 10.6 Å². The molecule has 3 nitrogen and oxygen atoms in total. The van der Waals surface area contributed by atoms with E-state index in [1.807, 2.05) is 12.1 Å². The van der Waals surface area contributed by atoms with Crippen LogP contribution in [-0.4, -0.2) is 27.8 Å². The largest absolute Gasteiger partial charge is 0.366 e. The lowest BCUT2D eigenvalue weighted by Gasteiger charge is -2.30. The highest BCUT2D eigenvalue weighted by Gasteiger charge is 2.20. The summed E-state index contributed by atoms with van der Waals surface area (Å²) < 4.78 is 24.0. The molecule has 0 fully saturated rings. The van der Waals surface area contributed by atoms with Gasteiger partial charge in [0.2, 0.25) is 0 Å². The molecule has 0 radical (unpaired) electrons. The molecule has 0 spiro atoms. The fourth-order valence-corrected chi connectivity index (χ4v) is 4.04. The summed E-state index contributed by atoms with van der Waals surface area (Å²) in [6.07, 6.45) is 5.45. The van der Waals surface area contributed by atoms with Gasteiger partial charge in [-0.2, -0.15) is 0 Å². The zero-order chi connectivity index (χ0) is 17.2. The van der Waals surface area contributed by atoms with Gasteiger partial charge in [-0.1, -0.05) is 49.4 Å². The average Bonchev–Trinajstić information content (AvgIpc) is 2.61. The molecule has 0 bridgehead atoms. The highest BCUT2D eigenvalue weighted by molar-refractivity contribution is 7.90. The van der Waals surface area contributed by atoms with Gasteiger partial charge >= 0.3 is 0 Å². The van der Waals surface area contributed by atoms with Crippen molar-refractivity contribution in [3.05, 3.63) is 65.7 Å². The maximum atomic E-state index is 12.0. The maximum absolute atomic E-state index is 12.0. The number of hydrogen-bond donors (Lipinski definition) is 0. The molecule has 0 N–H and O–H groups in total. The van der Waals surface area contributed by atoms with Crippen LogP contribution < -0.4 is 4.90 Å². The molecule has 3 rings (SSSR count). The van der Waals surface area contributed by atoms with Crippen LogP contribution in [0.4, 0.5) is 5.69 Å². The number of benzene rings is 2. The van der Waals surface area contributed by atoms with Gasteiger partial charge < -0.3 is 4.90 Å². The Kier molecular flexibility index (Phi) is 4.76. The second-order valence-electron chi connectivity index (χ2n) is 6.22. The summed E-state index contributed by atoms with van der Waals surface area (Å²) in [6, 6.07) is 16.0. The minimum atomic E-state index is -3.22. The van der Waals surface area contributed by atoms with E-state index in [2.05, 4.69) is 42.2 Å². The molecule has 0 saturated carbocycles. The summed E-state index contributed by atoms with van der Waals surface area (Å²) in [7, 11) is -3.22. The monoisotopic (exact) mass is 341 g/mol. The Morgan fingerprint density at radius 3 is 2.33 bits per heavy atom. The van der Waals surface area contributed by atoms with E-state index < -0.39 is 9.84 Å². The molecule has 0 saturated heterocycles. The topological polar surface area (TPSA) is 37.4 Å². The van der Waals surface area contributed by atoms with Crippen molar-refractivity contribution in [1.29, 1.82) is 0 Å². The molecule has 1 heterocycles. The Morgan fingerprint density at radius 2 is 1.75 bits per heavy atom. The van der Waals surface area contributed by atoms with Gasteiger partial charge in [0.1, 0.15) is 0 Å². The second kappa shape index (κ2) is 6.81.